The van der Waals surface area contributed by atoms with Gasteiger partial charge in [0, 0.05) is 5.92 Å². The van der Waals surface area contributed by atoms with E-state index in [1.54, 1.807) is 25.7 Å². The van der Waals surface area contributed by atoms with E-state index >= 15 is 0 Å². The van der Waals surface area contributed by atoms with Gasteiger partial charge in [-0.2, -0.15) is 13.2 Å². The summed E-state index contributed by atoms with van der Waals surface area (Å²) in [6, 6.07) is 4.19. The van der Waals surface area contributed by atoms with Crippen molar-refractivity contribution in [3.05, 3.63) is 67.0 Å². The maximum Gasteiger partial charge on any atom is 0.416 e. The van der Waals surface area contributed by atoms with Crippen molar-refractivity contribution in [2.24, 2.45) is 0 Å². The number of terminal acetylenes is 1. The van der Waals surface area contributed by atoms with Gasteiger partial charge in [0.2, 0.25) is 0 Å². The van der Waals surface area contributed by atoms with E-state index in [1.165, 1.54) is 12.1 Å². The molecule has 1 aliphatic carbocycles. The molecule has 0 saturated heterocycles. The fraction of sp³-hybridized carbons (Fsp3) is 0.133. The van der Waals surface area contributed by atoms with Crippen molar-refractivity contribution in [1.29, 1.82) is 0 Å². The zero-order valence-corrected chi connectivity index (χ0v) is 9.78. The third kappa shape index (κ3) is 2.62. The van der Waals surface area contributed by atoms with Crippen LogP contribution >= 0.6 is 0 Å². The van der Waals surface area contributed by atoms with Crippen LogP contribution in [0.15, 0.2) is 24.3 Å². The highest BCUT2D eigenvalue weighted by Crippen LogP contribution is 2.40. The van der Waals surface area contributed by atoms with Crippen molar-refractivity contribution in [3.8, 4) is 12.3 Å². The van der Waals surface area contributed by atoms with Crippen LogP contribution in [0.2, 0.25) is 0 Å². The van der Waals surface area contributed by atoms with E-state index in [1.807, 2.05) is 0 Å². The molecule has 1 saturated carbocycles. The highest BCUT2D eigenvalue weighted by Gasteiger charge is 2.40. The van der Waals surface area contributed by atoms with Crippen molar-refractivity contribution < 1.29 is 18.3 Å². The Balaban J connectivity index is 2.32. The summed E-state index contributed by atoms with van der Waals surface area (Å²) in [5, 5.41) is 10.4. The Morgan fingerprint density at radius 1 is 0.947 bits per heavy atom. The first-order valence-corrected chi connectivity index (χ1v) is 5.48. The highest BCUT2D eigenvalue weighted by molar-refractivity contribution is 5.51. The molecule has 0 amide bonds. The van der Waals surface area contributed by atoms with Crippen LogP contribution in [0.3, 0.4) is 0 Å². The van der Waals surface area contributed by atoms with Gasteiger partial charge in [0.25, 0.3) is 0 Å². The second kappa shape index (κ2) is 4.90. The van der Waals surface area contributed by atoms with Crippen LogP contribution in [0.1, 0.15) is 11.1 Å². The van der Waals surface area contributed by atoms with E-state index in [0.29, 0.717) is 5.92 Å². The monoisotopic (exact) mass is 263 g/mol. The van der Waals surface area contributed by atoms with Crippen molar-refractivity contribution in [1.82, 2.24) is 0 Å². The lowest BCUT2D eigenvalue weighted by Crippen LogP contribution is -2.31. The van der Waals surface area contributed by atoms with Gasteiger partial charge in [-0.15, -0.1) is 6.42 Å². The largest absolute Gasteiger partial charge is 0.416 e. The lowest BCUT2D eigenvalue weighted by atomic mass is 9.80. The second-order valence-electron chi connectivity index (χ2n) is 4.10. The smallest absolute Gasteiger partial charge is 0.373 e. The first-order valence-electron chi connectivity index (χ1n) is 5.48. The molecule has 0 aliphatic heterocycles. The summed E-state index contributed by atoms with van der Waals surface area (Å²) in [7, 11) is 0. The molecule has 97 valence electrons. The van der Waals surface area contributed by atoms with Gasteiger partial charge in [-0.1, -0.05) is 18.1 Å². The molecule has 0 bridgehead atoms. The van der Waals surface area contributed by atoms with Gasteiger partial charge in [-0.25, -0.2) is 0 Å². The fourth-order valence-corrected chi connectivity index (χ4v) is 1.85. The fourth-order valence-electron chi connectivity index (χ4n) is 1.85. The van der Waals surface area contributed by atoms with Crippen molar-refractivity contribution in [2.45, 2.75) is 11.8 Å². The number of benzene rings is 1. The van der Waals surface area contributed by atoms with Crippen LogP contribution in [0, 0.1) is 43.9 Å². The Labute approximate surface area is 110 Å². The molecule has 1 atom stereocenters. The molecule has 5 radical (unpaired) electrons. The third-order valence-corrected chi connectivity index (χ3v) is 2.92. The average Bonchev–Trinajstić information content (AvgIpc) is 2.91. The summed E-state index contributed by atoms with van der Waals surface area (Å²) in [4.78, 5) is 0. The Kier molecular flexibility index (Phi) is 3.60. The minimum atomic E-state index is -4.41. The standard InChI is InChI=1S/C15H10F3O/c1-2-14(19,11-5-3-4-6-11)12-7-9-13(10-8-12)15(16,17)18/h1,3-10,19H. The molecule has 1 aromatic carbocycles. The molecular weight excluding hydrogens is 253 g/mol. The topological polar surface area (TPSA) is 20.2 Å². The van der Waals surface area contributed by atoms with Gasteiger partial charge in [0.1, 0.15) is 0 Å². The van der Waals surface area contributed by atoms with Crippen LogP contribution in [0.4, 0.5) is 13.2 Å². The van der Waals surface area contributed by atoms with E-state index in [4.69, 9.17) is 6.42 Å². The van der Waals surface area contributed by atoms with Gasteiger partial charge in [0.15, 0.2) is 5.60 Å². The van der Waals surface area contributed by atoms with Crippen LogP contribution in [-0.2, 0) is 11.8 Å². The minimum absolute atomic E-state index is 0.231. The van der Waals surface area contributed by atoms with E-state index in [-0.39, 0.29) is 5.56 Å². The Bertz CT molecular complexity index is 478. The molecule has 1 aliphatic rings. The number of aliphatic hydroxyl groups is 1. The molecule has 0 aromatic heterocycles. The summed E-state index contributed by atoms with van der Waals surface area (Å²) in [5.41, 5.74) is -2.26. The lowest BCUT2D eigenvalue weighted by molar-refractivity contribution is -0.137. The van der Waals surface area contributed by atoms with Gasteiger partial charge >= 0.3 is 6.18 Å². The lowest BCUT2D eigenvalue weighted by Gasteiger charge is -2.28. The number of alkyl halides is 3. The molecule has 19 heavy (non-hydrogen) atoms. The Morgan fingerprint density at radius 3 is 1.84 bits per heavy atom. The van der Waals surface area contributed by atoms with E-state index in [0.717, 1.165) is 12.1 Å². The summed E-state index contributed by atoms with van der Waals surface area (Å²) in [6.07, 6.45) is 7.56. The Morgan fingerprint density at radius 2 is 1.42 bits per heavy atom. The van der Waals surface area contributed by atoms with Gasteiger partial charge in [0.05, 0.1) is 5.56 Å². The van der Waals surface area contributed by atoms with Crippen LogP contribution in [0.5, 0.6) is 0 Å². The predicted octanol–water partition coefficient (Wildman–Crippen LogP) is 2.93. The van der Waals surface area contributed by atoms with Crippen LogP contribution < -0.4 is 0 Å². The number of rotatable bonds is 2. The first-order chi connectivity index (χ1) is 8.88. The van der Waals surface area contributed by atoms with E-state index in [9.17, 15) is 18.3 Å². The predicted molar refractivity (Wildman–Crippen MR) is 64.6 cm³/mol. The maximum atomic E-state index is 12.5. The molecule has 0 spiro atoms. The van der Waals surface area contributed by atoms with Crippen molar-refractivity contribution in [2.75, 3.05) is 0 Å². The van der Waals surface area contributed by atoms with Crippen LogP contribution in [0.25, 0.3) is 0 Å². The molecule has 1 fully saturated rings. The van der Waals surface area contributed by atoms with Gasteiger partial charge in [-0.3, -0.25) is 0 Å². The summed E-state index contributed by atoms with van der Waals surface area (Å²) < 4.78 is 37.4. The molecule has 1 nitrogen and oxygen atoms in total. The molecule has 4 heteroatoms. The number of hydrogen-bond donors (Lipinski definition) is 1. The van der Waals surface area contributed by atoms with E-state index in [2.05, 4.69) is 5.92 Å². The molecule has 1 N–H and O–H groups in total. The van der Waals surface area contributed by atoms with Crippen molar-refractivity contribution in [3.63, 3.8) is 0 Å². The summed E-state index contributed by atoms with van der Waals surface area (Å²) in [6.45, 7) is 0. The van der Waals surface area contributed by atoms with E-state index < -0.39 is 17.3 Å². The minimum Gasteiger partial charge on any atom is -0.373 e. The first kappa shape index (κ1) is 14.0. The third-order valence-electron chi connectivity index (χ3n) is 2.92. The zero-order valence-electron chi connectivity index (χ0n) is 9.78. The SMILES string of the molecule is C#CC(O)([C]1[CH][CH][CH][CH]1)c1ccc(C(F)(F)F)cc1. The quantitative estimate of drug-likeness (QED) is 0.813. The number of hydrogen-bond acceptors (Lipinski definition) is 1. The van der Waals surface area contributed by atoms with Crippen LogP contribution in [-0.4, -0.2) is 5.11 Å². The van der Waals surface area contributed by atoms with Crippen molar-refractivity contribution >= 4 is 0 Å². The molecule has 1 aromatic rings. The second-order valence-corrected chi connectivity index (χ2v) is 4.10. The molecule has 0 heterocycles. The highest BCUT2D eigenvalue weighted by atomic mass is 19.4. The molecular formula is C15H10F3O. The normalized spacial score (nSPS) is 19.9. The zero-order chi connectivity index (χ0) is 14.1. The molecule has 2 rings (SSSR count). The average molecular weight is 263 g/mol. The summed E-state index contributed by atoms with van der Waals surface area (Å²) >= 11 is 0. The Hall–Kier alpha value is -1.47. The van der Waals surface area contributed by atoms with Gasteiger partial charge in [-0.05, 0) is 43.4 Å². The number of halogens is 3. The van der Waals surface area contributed by atoms with Gasteiger partial charge < -0.3 is 5.11 Å². The molecule has 1 unspecified atom stereocenters. The maximum absolute atomic E-state index is 12.5. The summed E-state index contributed by atoms with van der Waals surface area (Å²) in [5.74, 6) is 2.68.